The van der Waals surface area contributed by atoms with E-state index in [0.717, 1.165) is 58.9 Å². The lowest BCUT2D eigenvalue weighted by atomic mass is 9.89. The molecular formula is C26H24N8. The number of hydrogen-bond acceptors (Lipinski definition) is 8. The highest BCUT2D eigenvalue weighted by atomic mass is 15.4. The Kier molecular flexibility index (Phi) is 5.23. The summed E-state index contributed by atoms with van der Waals surface area (Å²) in [6.45, 7) is 3.19. The fourth-order valence-corrected chi connectivity index (χ4v) is 4.55. The Morgan fingerprint density at radius 3 is 1.88 bits per heavy atom. The normalized spacial score (nSPS) is 15.8. The number of nitrogens with zero attached hydrogens (tertiary/aromatic N) is 4. The number of aliphatic imine (C=N–C) groups is 2. The first-order valence-corrected chi connectivity index (χ1v) is 11.4. The Bertz CT molecular complexity index is 1520. The largest absolute Gasteiger partial charge is 0.353 e. The fourth-order valence-electron chi connectivity index (χ4n) is 4.55. The van der Waals surface area contributed by atoms with Crippen molar-refractivity contribution in [1.29, 1.82) is 0 Å². The highest BCUT2D eigenvalue weighted by molar-refractivity contribution is 6.27. The van der Waals surface area contributed by atoms with Crippen LogP contribution in [0.5, 0.6) is 0 Å². The van der Waals surface area contributed by atoms with E-state index in [1.165, 1.54) is 10.8 Å². The van der Waals surface area contributed by atoms with Crippen LogP contribution in [0.3, 0.4) is 0 Å². The van der Waals surface area contributed by atoms with Crippen molar-refractivity contribution in [2.75, 3.05) is 26.2 Å². The molecule has 0 aliphatic carbocycles. The molecule has 6 rings (SSSR count). The van der Waals surface area contributed by atoms with Crippen LogP contribution in [-0.4, -0.2) is 50.5 Å². The zero-order chi connectivity index (χ0) is 22.7. The third kappa shape index (κ3) is 3.69. The van der Waals surface area contributed by atoms with Crippen molar-refractivity contribution in [3.8, 4) is 0 Å². The summed E-state index contributed by atoms with van der Waals surface area (Å²) in [7, 11) is 0. The number of benzene rings is 4. The molecule has 0 aromatic heterocycles. The Balaban J connectivity index is 1.56. The van der Waals surface area contributed by atoms with Crippen LogP contribution < -0.4 is 21.5 Å². The van der Waals surface area contributed by atoms with Gasteiger partial charge in [0.2, 0.25) is 11.9 Å². The maximum absolute atomic E-state index is 4.54. The summed E-state index contributed by atoms with van der Waals surface area (Å²) in [6, 6.07) is 21.2. The number of guanidine groups is 2. The summed E-state index contributed by atoms with van der Waals surface area (Å²) in [5.41, 5.74) is 8.17. The topological polar surface area (TPSA) is 97.6 Å². The predicted molar refractivity (Wildman–Crippen MR) is 141 cm³/mol. The average Bonchev–Trinajstić information content (AvgIpc) is 3.59. The quantitative estimate of drug-likeness (QED) is 0.167. The first-order chi connectivity index (χ1) is 16.9. The molecule has 0 atom stereocenters. The first kappa shape index (κ1) is 20.2. The van der Waals surface area contributed by atoms with Crippen LogP contribution >= 0.6 is 0 Å². The molecule has 2 heterocycles. The van der Waals surface area contributed by atoms with Gasteiger partial charge in [0.15, 0.2) is 0 Å². The van der Waals surface area contributed by atoms with Crippen LogP contribution in [0.1, 0.15) is 11.1 Å². The number of rotatable bonds is 4. The summed E-state index contributed by atoms with van der Waals surface area (Å²) in [6.07, 6.45) is 3.79. The third-order valence-corrected chi connectivity index (χ3v) is 6.07. The van der Waals surface area contributed by atoms with E-state index >= 15 is 0 Å². The maximum atomic E-state index is 4.54. The second-order valence-electron chi connectivity index (χ2n) is 8.14. The molecule has 0 amide bonds. The monoisotopic (exact) mass is 448 g/mol. The Labute approximate surface area is 196 Å². The van der Waals surface area contributed by atoms with Gasteiger partial charge in [-0.1, -0.05) is 60.7 Å². The second kappa shape index (κ2) is 8.82. The van der Waals surface area contributed by atoms with E-state index < -0.39 is 0 Å². The van der Waals surface area contributed by atoms with Crippen molar-refractivity contribution >= 4 is 56.7 Å². The van der Waals surface area contributed by atoms with Crippen LogP contribution in [0.25, 0.3) is 32.3 Å². The van der Waals surface area contributed by atoms with Crippen molar-refractivity contribution in [2.24, 2.45) is 20.2 Å². The molecule has 0 spiro atoms. The molecular weight excluding hydrogens is 424 g/mol. The van der Waals surface area contributed by atoms with Gasteiger partial charge in [0, 0.05) is 24.2 Å². The van der Waals surface area contributed by atoms with Crippen molar-refractivity contribution < 1.29 is 0 Å². The van der Waals surface area contributed by atoms with Crippen LogP contribution in [0.4, 0.5) is 0 Å². The molecule has 0 saturated carbocycles. The lowest BCUT2D eigenvalue weighted by Crippen LogP contribution is -2.30. The zero-order valence-corrected chi connectivity index (χ0v) is 18.5. The smallest absolute Gasteiger partial charge is 0.212 e. The van der Waals surface area contributed by atoms with Gasteiger partial charge in [-0.05, 0) is 32.3 Å². The lowest BCUT2D eigenvalue weighted by Gasteiger charge is -2.15. The van der Waals surface area contributed by atoms with Gasteiger partial charge in [-0.3, -0.25) is 0 Å². The summed E-state index contributed by atoms with van der Waals surface area (Å²) >= 11 is 0. The summed E-state index contributed by atoms with van der Waals surface area (Å²) in [4.78, 5) is 8.72. The Morgan fingerprint density at radius 1 is 0.647 bits per heavy atom. The minimum atomic E-state index is 0.702. The van der Waals surface area contributed by atoms with Crippen molar-refractivity contribution in [3.63, 3.8) is 0 Å². The molecule has 8 heteroatoms. The van der Waals surface area contributed by atoms with Gasteiger partial charge in [-0.25, -0.2) is 20.8 Å². The van der Waals surface area contributed by atoms with Crippen LogP contribution in [0.15, 0.2) is 80.9 Å². The van der Waals surface area contributed by atoms with E-state index in [1.807, 2.05) is 12.4 Å². The number of hydrogen-bond donors (Lipinski definition) is 4. The second-order valence-corrected chi connectivity index (χ2v) is 8.14. The molecule has 0 fully saturated rings. The Morgan fingerprint density at radius 2 is 1.24 bits per heavy atom. The van der Waals surface area contributed by atoms with Gasteiger partial charge in [0.25, 0.3) is 0 Å². The molecule has 8 nitrogen and oxygen atoms in total. The lowest BCUT2D eigenvalue weighted by molar-refractivity contribution is 0.920. The van der Waals surface area contributed by atoms with E-state index in [1.54, 1.807) is 0 Å². The first-order valence-electron chi connectivity index (χ1n) is 11.4. The van der Waals surface area contributed by atoms with Crippen LogP contribution in [-0.2, 0) is 0 Å². The van der Waals surface area contributed by atoms with Gasteiger partial charge in [-0.15, -0.1) is 0 Å². The minimum absolute atomic E-state index is 0.702. The molecule has 34 heavy (non-hydrogen) atoms. The summed E-state index contributed by atoms with van der Waals surface area (Å²) in [5.74, 6) is 1.40. The zero-order valence-electron chi connectivity index (χ0n) is 18.5. The predicted octanol–water partition coefficient (Wildman–Crippen LogP) is 2.91. The van der Waals surface area contributed by atoms with Crippen molar-refractivity contribution in [1.82, 2.24) is 21.5 Å². The summed E-state index contributed by atoms with van der Waals surface area (Å²) < 4.78 is 0. The van der Waals surface area contributed by atoms with Crippen LogP contribution in [0, 0.1) is 0 Å². The van der Waals surface area contributed by atoms with Gasteiger partial charge in [0.1, 0.15) is 0 Å². The SMILES string of the molecule is C(=N\NC1=NCCN1)/c1c2ccccc2c(/C=N/NC2=NCCN2)c2c1ccc1ccccc12. The van der Waals surface area contributed by atoms with E-state index in [0.29, 0.717) is 11.9 Å². The van der Waals surface area contributed by atoms with E-state index in [4.69, 9.17) is 0 Å². The maximum Gasteiger partial charge on any atom is 0.212 e. The average molecular weight is 449 g/mol. The van der Waals surface area contributed by atoms with E-state index in [-0.39, 0.29) is 0 Å². The molecule has 4 aromatic rings. The molecule has 168 valence electrons. The van der Waals surface area contributed by atoms with Crippen LogP contribution in [0.2, 0.25) is 0 Å². The molecule has 0 radical (unpaired) electrons. The van der Waals surface area contributed by atoms with Gasteiger partial charge in [0.05, 0.1) is 25.5 Å². The molecule has 0 bridgehead atoms. The van der Waals surface area contributed by atoms with E-state index in [2.05, 4.69) is 102 Å². The minimum Gasteiger partial charge on any atom is -0.353 e. The fraction of sp³-hybridized carbons (Fsp3) is 0.154. The summed E-state index contributed by atoms with van der Waals surface area (Å²) in [5, 5.41) is 22.2. The molecule has 2 aliphatic rings. The van der Waals surface area contributed by atoms with Gasteiger partial charge < -0.3 is 10.6 Å². The molecule has 4 N–H and O–H groups in total. The van der Waals surface area contributed by atoms with Gasteiger partial charge >= 0.3 is 0 Å². The van der Waals surface area contributed by atoms with Crippen molar-refractivity contribution in [3.05, 3.63) is 71.8 Å². The number of fused-ring (bicyclic) bond motifs is 4. The van der Waals surface area contributed by atoms with Crippen molar-refractivity contribution in [2.45, 2.75) is 0 Å². The molecule has 0 unspecified atom stereocenters. The highest BCUT2D eigenvalue weighted by Gasteiger charge is 2.15. The Hall–Kier alpha value is -4.46. The molecule has 2 aliphatic heterocycles. The van der Waals surface area contributed by atoms with Gasteiger partial charge in [-0.2, -0.15) is 10.2 Å². The molecule has 0 saturated heterocycles. The number of nitrogens with one attached hydrogen (secondary N) is 4. The standard InChI is InChI=1S/C26H24N8/c1-2-6-18-17(5-1)9-10-21-22(15-31-33-25-27-11-12-28-25)19-7-3-4-8-20(19)23(24(18)21)16-32-34-26-29-13-14-30-26/h1-10,15-16H,11-14H2,(H2,27,28,33)(H2,29,30,34)/b31-15+,32-16+. The number of hydrazone groups is 2. The third-order valence-electron chi connectivity index (χ3n) is 6.07. The van der Waals surface area contributed by atoms with E-state index in [9.17, 15) is 0 Å². The highest BCUT2D eigenvalue weighted by Crippen LogP contribution is 2.35. The molecule has 4 aromatic carbocycles.